The van der Waals surface area contributed by atoms with Crippen molar-refractivity contribution < 1.29 is 31.6 Å². The first-order chi connectivity index (χ1) is 15.3. The number of para-hydroxylation sites is 2. The maximum Gasteiger partial charge on any atom is 0.310 e. The van der Waals surface area contributed by atoms with E-state index in [2.05, 4.69) is 9.50 Å². The molecule has 0 saturated carbocycles. The Morgan fingerprint density at radius 3 is 2.12 bits per heavy atom. The molecule has 8 nitrogen and oxygen atoms in total. The fraction of sp³-hybridized carbons (Fsp3) is 0.381. The van der Waals surface area contributed by atoms with Crippen molar-refractivity contribution >= 4 is 50.7 Å². The Morgan fingerprint density at radius 1 is 0.875 bits per heavy atom. The summed E-state index contributed by atoms with van der Waals surface area (Å²) in [6.45, 7) is 0.951. The molecule has 0 saturated heterocycles. The Hall–Kier alpha value is -1.88. The Bertz CT molecular complexity index is 966. The summed E-state index contributed by atoms with van der Waals surface area (Å²) in [5.41, 5.74) is 2.00. The molecule has 32 heavy (non-hydrogen) atoms. The average molecular weight is 506 g/mol. The van der Waals surface area contributed by atoms with Crippen LogP contribution in [0.15, 0.2) is 42.5 Å². The quantitative estimate of drug-likeness (QED) is 0.235. The van der Waals surface area contributed by atoms with Crippen molar-refractivity contribution in [2.45, 2.75) is 6.42 Å². The van der Waals surface area contributed by atoms with Gasteiger partial charge in [0.25, 0.3) is 10.1 Å². The summed E-state index contributed by atoms with van der Waals surface area (Å²) in [5.74, 6) is -0.401. The number of nitrogens with one attached hydrogen (secondary N) is 1. The summed E-state index contributed by atoms with van der Waals surface area (Å²) in [4.78, 5) is 12.2. The van der Waals surface area contributed by atoms with Gasteiger partial charge in [-0.05, 0) is 23.8 Å². The van der Waals surface area contributed by atoms with Gasteiger partial charge in [0.15, 0.2) is 0 Å². The molecule has 0 aliphatic heterocycles. The van der Waals surface area contributed by atoms with E-state index >= 15 is 0 Å². The number of halogens is 2. The van der Waals surface area contributed by atoms with Crippen molar-refractivity contribution in [3.8, 4) is 0 Å². The van der Waals surface area contributed by atoms with Crippen LogP contribution < -0.4 is 5.32 Å². The number of anilines is 2. The van der Waals surface area contributed by atoms with E-state index in [9.17, 15) is 13.2 Å². The molecule has 0 amide bonds. The van der Waals surface area contributed by atoms with Crippen molar-refractivity contribution in [1.82, 2.24) is 0 Å². The van der Waals surface area contributed by atoms with Crippen LogP contribution in [0.4, 0.5) is 11.4 Å². The zero-order valence-corrected chi connectivity index (χ0v) is 19.8. The van der Waals surface area contributed by atoms with Gasteiger partial charge in [0.2, 0.25) is 0 Å². The first-order valence-electron chi connectivity index (χ1n) is 9.70. The maximum absolute atomic E-state index is 12.2. The third-order valence-electron chi connectivity index (χ3n) is 3.96. The number of carbonyl (C=O) groups excluding carboxylic acids is 1. The molecule has 0 aliphatic carbocycles. The van der Waals surface area contributed by atoms with Crippen molar-refractivity contribution in [2.75, 3.05) is 51.2 Å². The van der Waals surface area contributed by atoms with Gasteiger partial charge >= 0.3 is 5.97 Å². The van der Waals surface area contributed by atoms with Gasteiger partial charge in [0.05, 0.1) is 61.4 Å². The molecular weight excluding hydrogens is 481 g/mol. The molecule has 11 heteroatoms. The van der Waals surface area contributed by atoms with E-state index in [4.69, 9.17) is 37.4 Å². The van der Waals surface area contributed by atoms with Crippen LogP contribution in [0.5, 0.6) is 0 Å². The largest absolute Gasteiger partial charge is 0.463 e. The van der Waals surface area contributed by atoms with Gasteiger partial charge in [-0.25, -0.2) is 0 Å². The van der Waals surface area contributed by atoms with Gasteiger partial charge in [0.1, 0.15) is 6.61 Å². The van der Waals surface area contributed by atoms with Gasteiger partial charge in [-0.3, -0.25) is 8.98 Å². The molecule has 1 N–H and O–H groups in total. The van der Waals surface area contributed by atoms with Crippen LogP contribution in [0.3, 0.4) is 0 Å². The molecule has 2 aromatic carbocycles. The Balaban J connectivity index is 1.68. The lowest BCUT2D eigenvalue weighted by Gasteiger charge is -2.14. The highest BCUT2D eigenvalue weighted by Gasteiger charge is 2.12. The molecule has 0 bridgehead atoms. The molecule has 0 unspecified atom stereocenters. The van der Waals surface area contributed by atoms with Gasteiger partial charge in [-0.1, -0.05) is 47.5 Å². The molecule has 0 radical (unpaired) electrons. The Kier molecular flexibility index (Phi) is 11.2. The summed E-state index contributed by atoms with van der Waals surface area (Å²) < 4.78 is 41.8. The van der Waals surface area contributed by atoms with E-state index in [-0.39, 0.29) is 46.1 Å². The number of carbonyl (C=O) groups is 1. The lowest BCUT2D eigenvalue weighted by Crippen LogP contribution is -2.16. The Labute approximate surface area is 197 Å². The minimum Gasteiger partial charge on any atom is -0.463 e. The van der Waals surface area contributed by atoms with Crippen molar-refractivity contribution in [3.05, 3.63) is 58.1 Å². The molecule has 0 spiro atoms. The third kappa shape index (κ3) is 10.2. The number of rotatable bonds is 14. The second kappa shape index (κ2) is 13.6. The zero-order valence-electron chi connectivity index (χ0n) is 17.5. The van der Waals surface area contributed by atoms with E-state index < -0.39 is 16.1 Å². The highest BCUT2D eigenvalue weighted by molar-refractivity contribution is 7.85. The fourth-order valence-electron chi connectivity index (χ4n) is 2.54. The van der Waals surface area contributed by atoms with E-state index in [1.165, 1.54) is 0 Å². The molecule has 0 fully saturated rings. The minimum absolute atomic E-state index is 0.0462. The van der Waals surface area contributed by atoms with Gasteiger partial charge in [-0.2, -0.15) is 8.42 Å². The monoisotopic (exact) mass is 505 g/mol. The van der Waals surface area contributed by atoms with Crippen LogP contribution in [0.25, 0.3) is 0 Å². The van der Waals surface area contributed by atoms with Crippen LogP contribution in [0, 0.1) is 0 Å². The number of benzene rings is 2. The predicted molar refractivity (Wildman–Crippen MR) is 123 cm³/mol. The van der Waals surface area contributed by atoms with Crippen LogP contribution >= 0.6 is 23.2 Å². The number of hydrogen-bond donors (Lipinski definition) is 1. The van der Waals surface area contributed by atoms with Crippen LogP contribution in [0.2, 0.25) is 10.0 Å². The minimum atomic E-state index is -3.46. The smallest absolute Gasteiger partial charge is 0.310 e. The molecule has 176 valence electrons. The van der Waals surface area contributed by atoms with E-state index in [0.29, 0.717) is 21.4 Å². The molecule has 0 aromatic heterocycles. The number of hydrogen-bond acceptors (Lipinski definition) is 8. The second-order valence-corrected chi connectivity index (χ2v) is 8.99. The standard InChI is InChI=1S/C21H25Cl2NO7S/c1-32(26,27)31-14-12-29-10-9-28-11-13-30-20(25)15-16-5-2-3-8-19(16)24-21-17(22)6-4-7-18(21)23/h2-8,24H,9-15H2,1H3. The van der Waals surface area contributed by atoms with Gasteiger partial charge < -0.3 is 19.5 Å². The first kappa shape index (κ1) is 26.4. The van der Waals surface area contributed by atoms with Crippen LogP contribution in [0.1, 0.15) is 5.56 Å². The fourth-order valence-corrected chi connectivity index (χ4v) is 3.40. The summed E-state index contributed by atoms with van der Waals surface area (Å²) >= 11 is 12.4. The summed E-state index contributed by atoms with van der Waals surface area (Å²) in [6.07, 6.45) is 1.04. The molecular formula is C21H25Cl2NO7S. The molecule has 2 aromatic rings. The first-order valence-corrected chi connectivity index (χ1v) is 12.3. The third-order valence-corrected chi connectivity index (χ3v) is 5.19. The molecule has 2 rings (SSSR count). The van der Waals surface area contributed by atoms with Gasteiger partial charge in [-0.15, -0.1) is 0 Å². The molecule has 0 atom stereocenters. The molecule has 0 aliphatic rings. The second-order valence-electron chi connectivity index (χ2n) is 6.53. The van der Waals surface area contributed by atoms with Crippen molar-refractivity contribution in [3.63, 3.8) is 0 Å². The lowest BCUT2D eigenvalue weighted by atomic mass is 10.1. The number of esters is 1. The average Bonchev–Trinajstić information content (AvgIpc) is 2.72. The van der Waals surface area contributed by atoms with Crippen LogP contribution in [-0.2, 0) is 39.7 Å². The van der Waals surface area contributed by atoms with Crippen molar-refractivity contribution in [2.24, 2.45) is 0 Å². The molecule has 0 heterocycles. The van der Waals surface area contributed by atoms with E-state index in [1.54, 1.807) is 18.2 Å². The highest BCUT2D eigenvalue weighted by Crippen LogP contribution is 2.33. The van der Waals surface area contributed by atoms with E-state index in [1.807, 2.05) is 24.3 Å². The maximum atomic E-state index is 12.2. The predicted octanol–water partition coefficient (Wildman–Crippen LogP) is 3.83. The Morgan fingerprint density at radius 2 is 1.47 bits per heavy atom. The summed E-state index contributed by atoms with van der Waals surface area (Å²) in [5, 5.41) is 4.12. The topological polar surface area (TPSA) is 100 Å². The van der Waals surface area contributed by atoms with Crippen molar-refractivity contribution in [1.29, 1.82) is 0 Å². The lowest BCUT2D eigenvalue weighted by molar-refractivity contribution is -0.144. The highest BCUT2D eigenvalue weighted by atomic mass is 35.5. The van der Waals surface area contributed by atoms with Gasteiger partial charge in [0, 0.05) is 5.69 Å². The normalized spacial score (nSPS) is 11.3. The number of ether oxygens (including phenoxy) is 3. The summed E-state index contributed by atoms with van der Waals surface area (Å²) in [7, 11) is -3.46. The van der Waals surface area contributed by atoms with E-state index in [0.717, 1.165) is 11.8 Å². The summed E-state index contributed by atoms with van der Waals surface area (Å²) in [6, 6.07) is 12.5. The van der Waals surface area contributed by atoms with Crippen LogP contribution in [-0.4, -0.2) is 60.3 Å². The SMILES string of the molecule is CS(=O)(=O)OCCOCCOCCOC(=O)Cc1ccccc1Nc1c(Cl)cccc1Cl. The zero-order chi connectivity index (χ0) is 23.4.